The average molecular weight is 264 g/mol. The topological polar surface area (TPSA) is 31.4 Å². The van der Waals surface area contributed by atoms with Gasteiger partial charge in [0.05, 0.1) is 6.61 Å². The molecule has 0 bridgehead atoms. The summed E-state index contributed by atoms with van der Waals surface area (Å²) in [5.74, 6) is 0.819. The van der Waals surface area contributed by atoms with E-state index in [-0.39, 0.29) is 0 Å². The van der Waals surface area contributed by atoms with E-state index in [1.807, 2.05) is 30.3 Å². The Bertz CT molecular complexity index is 499. The first-order valence-electron chi connectivity index (χ1n) is 5.59. The normalized spacial score (nSPS) is 10.3. The summed E-state index contributed by atoms with van der Waals surface area (Å²) in [6.45, 7) is 1.06. The Labute approximate surface area is 111 Å². The molecule has 0 aliphatic carbocycles. The second-order valence-electron chi connectivity index (χ2n) is 3.86. The lowest BCUT2D eigenvalue weighted by Crippen LogP contribution is -1.97. The van der Waals surface area contributed by atoms with Gasteiger partial charge in [0.15, 0.2) is 0 Å². The maximum atomic E-state index is 5.72. The van der Waals surface area contributed by atoms with Gasteiger partial charge in [0.1, 0.15) is 17.5 Å². The van der Waals surface area contributed by atoms with Gasteiger partial charge in [0.2, 0.25) is 0 Å². The van der Waals surface area contributed by atoms with Crippen LogP contribution in [0.25, 0.3) is 0 Å². The van der Waals surface area contributed by atoms with Crippen molar-refractivity contribution in [1.29, 1.82) is 0 Å². The van der Waals surface area contributed by atoms with Gasteiger partial charge in [0, 0.05) is 18.9 Å². The summed E-state index contributed by atoms with van der Waals surface area (Å²) in [7, 11) is 1.67. The second kappa shape index (κ2) is 6.38. The van der Waals surface area contributed by atoms with Crippen molar-refractivity contribution in [1.82, 2.24) is 4.98 Å². The van der Waals surface area contributed by atoms with E-state index in [9.17, 15) is 0 Å². The van der Waals surface area contributed by atoms with Gasteiger partial charge in [-0.05, 0) is 23.8 Å². The predicted octanol–water partition coefficient (Wildman–Crippen LogP) is 3.46. The van der Waals surface area contributed by atoms with Crippen molar-refractivity contribution >= 4 is 11.6 Å². The molecule has 0 saturated carbocycles. The van der Waals surface area contributed by atoms with Gasteiger partial charge in [0.25, 0.3) is 0 Å². The van der Waals surface area contributed by atoms with Gasteiger partial charge < -0.3 is 9.47 Å². The number of methoxy groups -OCH3 is 1. The standard InChI is InChI=1S/C14H14ClNO2/c1-17-9-11-3-2-4-13(7-11)18-10-12-5-6-14(15)16-8-12/h2-8H,9-10H2,1H3. The molecule has 0 radical (unpaired) electrons. The zero-order valence-corrected chi connectivity index (χ0v) is 10.9. The molecule has 0 spiro atoms. The van der Waals surface area contributed by atoms with Crippen LogP contribution in [-0.4, -0.2) is 12.1 Å². The molecule has 0 saturated heterocycles. The van der Waals surface area contributed by atoms with E-state index in [2.05, 4.69) is 4.98 Å². The molecule has 1 aromatic carbocycles. The van der Waals surface area contributed by atoms with Crippen molar-refractivity contribution in [3.63, 3.8) is 0 Å². The van der Waals surface area contributed by atoms with Crippen molar-refractivity contribution in [3.05, 3.63) is 58.9 Å². The maximum absolute atomic E-state index is 5.72. The third kappa shape index (κ3) is 3.72. The molecule has 1 aromatic heterocycles. The first kappa shape index (κ1) is 12.9. The Morgan fingerprint density at radius 1 is 1.11 bits per heavy atom. The smallest absolute Gasteiger partial charge is 0.129 e. The zero-order chi connectivity index (χ0) is 12.8. The van der Waals surface area contributed by atoms with Crippen LogP contribution >= 0.6 is 11.6 Å². The highest BCUT2D eigenvalue weighted by Crippen LogP contribution is 2.16. The number of halogens is 1. The van der Waals surface area contributed by atoms with Crippen LogP contribution in [0.2, 0.25) is 5.15 Å². The number of benzene rings is 1. The van der Waals surface area contributed by atoms with Crippen LogP contribution in [0.5, 0.6) is 5.75 Å². The summed E-state index contributed by atoms with van der Waals surface area (Å²) in [6, 6.07) is 11.5. The monoisotopic (exact) mass is 263 g/mol. The Kier molecular flexibility index (Phi) is 4.56. The minimum atomic E-state index is 0.473. The third-order valence-electron chi connectivity index (χ3n) is 2.40. The van der Waals surface area contributed by atoms with Crippen molar-refractivity contribution < 1.29 is 9.47 Å². The summed E-state index contributed by atoms with van der Waals surface area (Å²) in [6.07, 6.45) is 1.71. The first-order chi connectivity index (χ1) is 8.78. The maximum Gasteiger partial charge on any atom is 0.129 e. The van der Waals surface area contributed by atoms with E-state index < -0.39 is 0 Å². The van der Waals surface area contributed by atoms with Gasteiger partial charge in [-0.2, -0.15) is 0 Å². The lowest BCUT2D eigenvalue weighted by Gasteiger charge is -2.07. The fourth-order valence-corrected chi connectivity index (χ4v) is 1.66. The molecule has 0 aliphatic rings. The zero-order valence-electron chi connectivity index (χ0n) is 10.1. The van der Waals surface area contributed by atoms with Gasteiger partial charge in [-0.3, -0.25) is 0 Å². The molecule has 0 amide bonds. The van der Waals surface area contributed by atoms with Gasteiger partial charge in [-0.15, -0.1) is 0 Å². The Balaban J connectivity index is 1.97. The van der Waals surface area contributed by atoms with Crippen LogP contribution < -0.4 is 4.74 Å². The fourth-order valence-electron chi connectivity index (χ4n) is 1.55. The Hall–Kier alpha value is -1.58. The molecule has 0 unspecified atom stereocenters. The predicted molar refractivity (Wildman–Crippen MR) is 70.7 cm³/mol. The van der Waals surface area contributed by atoms with Gasteiger partial charge in [-0.1, -0.05) is 29.8 Å². The minimum absolute atomic E-state index is 0.473. The highest BCUT2D eigenvalue weighted by Gasteiger charge is 1.99. The quantitative estimate of drug-likeness (QED) is 0.774. The molecule has 4 heteroatoms. The van der Waals surface area contributed by atoms with Gasteiger partial charge in [-0.25, -0.2) is 4.98 Å². The fraction of sp³-hybridized carbons (Fsp3) is 0.214. The van der Waals surface area contributed by atoms with Crippen molar-refractivity contribution in [2.75, 3.05) is 7.11 Å². The summed E-state index contributed by atoms with van der Waals surface area (Å²) in [5.41, 5.74) is 2.07. The minimum Gasteiger partial charge on any atom is -0.489 e. The molecular weight excluding hydrogens is 250 g/mol. The van der Waals surface area contributed by atoms with E-state index in [1.54, 1.807) is 19.4 Å². The first-order valence-corrected chi connectivity index (χ1v) is 5.97. The summed E-state index contributed by atoms with van der Waals surface area (Å²) < 4.78 is 10.8. The summed E-state index contributed by atoms with van der Waals surface area (Å²) in [4.78, 5) is 4.00. The molecule has 1 heterocycles. The SMILES string of the molecule is COCc1cccc(OCc2ccc(Cl)nc2)c1. The number of rotatable bonds is 5. The number of ether oxygens (including phenoxy) is 2. The molecule has 2 aromatic rings. The van der Waals surface area contributed by atoms with E-state index in [4.69, 9.17) is 21.1 Å². The highest BCUT2D eigenvalue weighted by atomic mass is 35.5. The Morgan fingerprint density at radius 3 is 2.72 bits per heavy atom. The molecule has 3 nitrogen and oxygen atoms in total. The Morgan fingerprint density at radius 2 is 2.00 bits per heavy atom. The molecular formula is C14H14ClNO2. The van der Waals surface area contributed by atoms with E-state index in [0.717, 1.165) is 16.9 Å². The molecule has 0 atom stereocenters. The van der Waals surface area contributed by atoms with Crippen LogP contribution in [0.3, 0.4) is 0 Å². The number of hydrogen-bond acceptors (Lipinski definition) is 3. The molecule has 94 valence electrons. The number of pyridine rings is 1. The van der Waals surface area contributed by atoms with Crippen LogP contribution in [0.4, 0.5) is 0 Å². The second-order valence-corrected chi connectivity index (χ2v) is 4.25. The van der Waals surface area contributed by atoms with Crippen LogP contribution in [0, 0.1) is 0 Å². The van der Waals surface area contributed by atoms with Crippen molar-refractivity contribution in [2.45, 2.75) is 13.2 Å². The van der Waals surface area contributed by atoms with E-state index in [1.165, 1.54) is 0 Å². The van der Waals surface area contributed by atoms with Crippen LogP contribution in [-0.2, 0) is 18.0 Å². The van der Waals surface area contributed by atoms with Crippen LogP contribution in [0.15, 0.2) is 42.6 Å². The number of hydrogen-bond donors (Lipinski definition) is 0. The average Bonchev–Trinajstić information content (AvgIpc) is 2.39. The highest BCUT2D eigenvalue weighted by molar-refractivity contribution is 6.29. The number of aromatic nitrogens is 1. The van der Waals surface area contributed by atoms with Gasteiger partial charge >= 0.3 is 0 Å². The molecule has 18 heavy (non-hydrogen) atoms. The summed E-state index contributed by atoms with van der Waals surface area (Å²) >= 11 is 5.72. The third-order valence-corrected chi connectivity index (χ3v) is 2.63. The molecule has 0 aliphatic heterocycles. The molecule has 0 fully saturated rings. The molecule has 0 N–H and O–H groups in total. The summed E-state index contributed by atoms with van der Waals surface area (Å²) in [5, 5.41) is 0.487. The van der Waals surface area contributed by atoms with E-state index >= 15 is 0 Å². The van der Waals surface area contributed by atoms with Crippen LogP contribution in [0.1, 0.15) is 11.1 Å². The lowest BCUT2D eigenvalue weighted by atomic mass is 10.2. The van der Waals surface area contributed by atoms with E-state index in [0.29, 0.717) is 18.4 Å². The molecule has 2 rings (SSSR count). The van der Waals surface area contributed by atoms with Crippen molar-refractivity contribution in [2.24, 2.45) is 0 Å². The lowest BCUT2D eigenvalue weighted by molar-refractivity contribution is 0.184. The number of nitrogens with zero attached hydrogens (tertiary/aromatic N) is 1. The van der Waals surface area contributed by atoms with Crippen molar-refractivity contribution in [3.8, 4) is 5.75 Å². The largest absolute Gasteiger partial charge is 0.489 e.